The van der Waals surface area contributed by atoms with Crippen molar-refractivity contribution in [2.75, 3.05) is 0 Å². The molecular formula is C47H35ClN2O. The first kappa shape index (κ1) is 32.2. The first-order chi connectivity index (χ1) is 24.9. The molecule has 0 amide bonds. The van der Waals surface area contributed by atoms with E-state index < -0.39 is 6.04 Å². The molecule has 0 aliphatic carbocycles. The van der Waals surface area contributed by atoms with Crippen LogP contribution in [0.25, 0.3) is 55.0 Å². The minimum absolute atomic E-state index is 0.478. The van der Waals surface area contributed by atoms with Gasteiger partial charge in [0.1, 0.15) is 17.2 Å². The van der Waals surface area contributed by atoms with Crippen LogP contribution in [-0.4, -0.2) is 11.5 Å². The second kappa shape index (κ2) is 13.7. The van der Waals surface area contributed by atoms with E-state index in [-0.39, 0.29) is 0 Å². The highest BCUT2D eigenvalue weighted by molar-refractivity contribution is 6.32. The van der Waals surface area contributed by atoms with E-state index in [1.54, 1.807) is 0 Å². The molecule has 246 valence electrons. The first-order valence-electron chi connectivity index (χ1n) is 17.1. The molecule has 0 aliphatic rings. The highest BCUT2D eigenvalue weighted by atomic mass is 35.5. The van der Waals surface area contributed by atoms with Crippen molar-refractivity contribution in [2.45, 2.75) is 19.9 Å². The number of fused-ring (bicyclic) bond motifs is 5. The van der Waals surface area contributed by atoms with Gasteiger partial charge in [-0.05, 0) is 71.3 Å². The van der Waals surface area contributed by atoms with Crippen molar-refractivity contribution in [1.82, 2.24) is 0 Å². The highest BCUT2D eigenvalue weighted by Gasteiger charge is 2.22. The van der Waals surface area contributed by atoms with Gasteiger partial charge in [0.05, 0.1) is 0 Å². The molecule has 0 saturated carbocycles. The third kappa shape index (κ3) is 6.40. The number of hydrogen-bond acceptors (Lipinski definition) is 2. The molecule has 0 N–H and O–H groups in total. The summed E-state index contributed by atoms with van der Waals surface area (Å²) in [6.45, 7) is 8.45. The van der Waals surface area contributed by atoms with Gasteiger partial charge in [-0.1, -0.05) is 157 Å². The number of rotatable bonds is 7. The Morgan fingerprint density at radius 1 is 0.569 bits per heavy atom. The van der Waals surface area contributed by atoms with E-state index in [4.69, 9.17) is 26.0 Å². The van der Waals surface area contributed by atoms with Crippen LogP contribution >= 0.6 is 11.6 Å². The van der Waals surface area contributed by atoms with Crippen LogP contribution in [0.15, 0.2) is 184 Å². The zero-order chi connectivity index (χ0) is 34.9. The minimum Gasteiger partial charge on any atom is -0.455 e. The van der Waals surface area contributed by atoms with E-state index in [1.165, 1.54) is 0 Å². The summed E-state index contributed by atoms with van der Waals surface area (Å²) in [6.07, 6.45) is 0. The van der Waals surface area contributed by atoms with Crippen LogP contribution in [0.5, 0.6) is 0 Å². The molecule has 0 bridgehead atoms. The summed E-state index contributed by atoms with van der Waals surface area (Å²) < 4.78 is 6.74. The van der Waals surface area contributed by atoms with E-state index in [9.17, 15) is 0 Å². The van der Waals surface area contributed by atoms with E-state index in [2.05, 4.69) is 128 Å². The van der Waals surface area contributed by atoms with Crippen LogP contribution in [0.2, 0.25) is 5.02 Å². The fourth-order valence-electron chi connectivity index (χ4n) is 6.75. The molecular weight excluding hydrogens is 644 g/mol. The lowest BCUT2D eigenvalue weighted by Crippen LogP contribution is -2.08. The quantitative estimate of drug-likeness (QED) is 0.0939. The molecule has 0 saturated heterocycles. The second-order valence-corrected chi connectivity index (χ2v) is 13.4. The van der Waals surface area contributed by atoms with Gasteiger partial charge in [-0.2, -0.15) is 0 Å². The van der Waals surface area contributed by atoms with Gasteiger partial charge in [-0.25, -0.2) is 4.99 Å². The normalized spacial score (nSPS) is 12.8. The van der Waals surface area contributed by atoms with Crippen LogP contribution < -0.4 is 0 Å². The topological polar surface area (TPSA) is 37.9 Å². The number of nitrogens with zero attached hydrogens (tertiary/aromatic N) is 2. The highest BCUT2D eigenvalue weighted by Crippen LogP contribution is 2.41. The molecule has 0 fully saturated rings. The Labute approximate surface area is 302 Å². The molecule has 8 rings (SSSR count). The summed E-state index contributed by atoms with van der Waals surface area (Å²) in [5.41, 5.74) is 10.6. The summed E-state index contributed by atoms with van der Waals surface area (Å²) >= 11 is 6.86. The molecule has 1 heterocycles. The van der Waals surface area contributed by atoms with Crippen molar-refractivity contribution >= 4 is 55.9 Å². The van der Waals surface area contributed by atoms with Crippen molar-refractivity contribution in [3.63, 3.8) is 0 Å². The number of hydrogen-bond donors (Lipinski definition) is 0. The molecule has 7 aromatic carbocycles. The molecule has 0 radical (unpaired) electrons. The Balaban J connectivity index is 1.30. The van der Waals surface area contributed by atoms with Gasteiger partial charge in [0.25, 0.3) is 0 Å². The standard InChI is InChI=1S/C47H35ClN2O/c1-30(2)44(43-29-39(48)28-42-41-26-25-35-17-10-11-20-40(35)45(41)51-46(42)43)50-47(36-23-21-34(22-24-36)32-13-6-4-7-14-32)49-31(3)37-18-12-19-38(27-37)33-15-8-5-9-16-33/h4-29,44H,1H2,2-3H3. The molecule has 1 unspecified atom stereocenters. The third-order valence-corrected chi connectivity index (χ3v) is 9.60. The monoisotopic (exact) mass is 678 g/mol. The predicted molar refractivity (Wildman–Crippen MR) is 216 cm³/mol. The van der Waals surface area contributed by atoms with Gasteiger partial charge in [0, 0.05) is 38.0 Å². The SMILES string of the molecule is C=C(C)C(N=C(N=C(C)c1cccc(-c2ccccc2)c1)c1ccc(-c2ccccc2)cc1)c1cc(Cl)cc2c1oc1c3ccccc3ccc21. The molecule has 0 aliphatic heterocycles. The number of benzene rings is 7. The Kier molecular flexibility index (Phi) is 8.65. The van der Waals surface area contributed by atoms with Crippen LogP contribution in [-0.2, 0) is 0 Å². The van der Waals surface area contributed by atoms with Gasteiger partial charge >= 0.3 is 0 Å². The molecule has 4 heteroatoms. The average Bonchev–Trinajstić information content (AvgIpc) is 3.56. The lowest BCUT2D eigenvalue weighted by molar-refractivity contribution is 0.660. The van der Waals surface area contributed by atoms with Crippen LogP contribution in [0, 0.1) is 0 Å². The lowest BCUT2D eigenvalue weighted by atomic mass is 9.98. The fourth-order valence-corrected chi connectivity index (χ4v) is 6.98. The minimum atomic E-state index is -0.478. The van der Waals surface area contributed by atoms with Gasteiger partial charge in [0.2, 0.25) is 0 Å². The summed E-state index contributed by atoms with van der Waals surface area (Å²) in [7, 11) is 0. The zero-order valence-electron chi connectivity index (χ0n) is 28.5. The van der Waals surface area contributed by atoms with Crippen LogP contribution in [0.4, 0.5) is 0 Å². The molecule has 1 atom stereocenters. The Bertz CT molecular complexity index is 2620. The maximum Gasteiger partial charge on any atom is 0.155 e. The fraction of sp³-hybridized carbons (Fsp3) is 0.0638. The lowest BCUT2D eigenvalue weighted by Gasteiger charge is -2.16. The average molecular weight is 679 g/mol. The van der Waals surface area contributed by atoms with Crippen LogP contribution in [0.1, 0.15) is 36.6 Å². The van der Waals surface area contributed by atoms with Crippen molar-refractivity contribution in [2.24, 2.45) is 9.98 Å². The number of amidine groups is 1. The van der Waals surface area contributed by atoms with Crippen molar-refractivity contribution < 1.29 is 4.42 Å². The number of furan rings is 1. The van der Waals surface area contributed by atoms with Gasteiger partial charge in [-0.15, -0.1) is 0 Å². The first-order valence-corrected chi connectivity index (χ1v) is 17.4. The van der Waals surface area contributed by atoms with E-state index in [0.29, 0.717) is 10.9 Å². The Hall–Kier alpha value is -6.03. The third-order valence-electron chi connectivity index (χ3n) is 9.38. The summed E-state index contributed by atoms with van der Waals surface area (Å²) in [6, 6.07) is 53.6. The van der Waals surface area contributed by atoms with E-state index >= 15 is 0 Å². The van der Waals surface area contributed by atoms with Gasteiger partial charge in [-0.3, -0.25) is 4.99 Å². The van der Waals surface area contributed by atoms with Crippen molar-refractivity contribution in [3.05, 3.63) is 192 Å². The van der Waals surface area contributed by atoms with Crippen LogP contribution in [0.3, 0.4) is 0 Å². The van der Waals surface area contributed by atoms with E-state index in [0.717, 1.165) is 82.9 Å². The number of aliphatic imine (C=N–C) groups is 2. The van der Waals surface area contributed by atoms with Crippen molar-refractivity contribution in [3.8, 4) is 22.3 Å². The van der Waals surface area contributed by atoms with Gasteiger partial charge in [0.15, 0.2) is 5.84 Å². The summed E-state index contributed by atoms with van der Waals surface area (Å²) in [5, 5.41) is 4.75. The second-order valence-electron chi connectivity index (χ2n) is 12.9. The van der Waals surface area contributed by atoms with Crippen molar-refractivity contribution in [1.29, 1.82) is 0 Å². The summed E-state index contributed by atoms with van der Waals surface area (Å²) in [4.78, 5) is 10.6. The Morgan fingerprint density at radius 2 is 1.22 bits per heavy atom. The molecule has 8 aromatic rings. The Morgan fingerprint density at radius 3 is 1.94 bits per heavy atom. The van der Waals surface area contributed by atoms with E-state index in [1.807, 2.05) is 50.2 Å². The smallest absolute Gasteiger partial charge is 0.155 e. The molecule has 1 aromatic heterocycles. The maximum absolute atomic E-state index is 6.86. The van der Waals surface area contributed by atoms with Gasteiger partial charge < -0.3 is 4.42 Å². The maximum atomic E-state index is 6.86. The zero-order valence-corrected chi connectivity index (χ0v) is 29.2. The molecule has 51 heavy (non-hydrogen) atoms. The molecule has 0 spiro atoms. The predicted octanol–water partition coefficient (Wildman–Crippen LogP) is 13.3. The largest absolute Gasteiger partial charge is 0.455 e. The summed E-state index contributed by atoms with van der Waals surface area (Å²) in [5.74, 6) is 0.597. The molecule has 3 nitrogen and oxygen atoms in total. The number of halogens is 1.